The molecule has 0 radical (unpaired) electrons. The molecule has 2 N–H and O–H groups in total. The molecule has 0 saturated carbocycles. The van der Waals surface area contributed by atoms with E-state index in [1.807, 2.05) is 24.3 Å². The topological polar surface area (TPSA) is 74.8 Å². The van der Waals surface area contributed by atoms with Crippen LogP contribution in [0.15, 0.2) is 107 Å². The van der Waals surface area contributed by atoms with Crippen LogP contribution < -0.4 is 5.43 Å². The van der Waals surface area contributed by atoms with Crippen molar-refractivity contribution in [2.45, 2.75) is 5.60 Å². The molecule has 1 amide bonds. The van der Waals surface area contributed by atoms with Crippen molar-refractivity contribution < 1.29 is 14.3 Å². The van der Waals surface area contributed by atoms with Crippen LogP contribution in [0, 0.1) is 0 Å². The third-order valence-electron chi connectivity index (χ3n) is 4.83. The molecule has 6 heteroatoms. The van der Waals surface area contributed by atoms with E-state index < -0.39 is 11.5 Å². The summed E-state index contributed by atoms with van der Waals surface area (Å²) in [6, 6.07) is 28.3. The monoisotopic (exact) mass is 430 g/mol. The number of carbonyl (C=O) groups is 1. The minimum Gasteiger partial charge on any atom is -0.455 e. The van der Waals surface area contributed by atoms with E-state index >= 15 is 0 Å². The number of hydrazone groups is 1. The number of aliphatic hydroxyl groups is 1. The molecule has 1 heterocycles. The molecule has 0 aliphatic rings. The van der Waals surface area contributed by atoms with Crippen molar-refractivity contribution >= 4 is 23.7 Å². The van der Waals surface area contributed by atoms with Gasteiger partial charge >= 0.3 is 0 Å². The summed E-state index contributed by atoms with van der Waals surface area (Å²) in [5.41, 5.74) is 2.29. The zero-order valence-electron chi connectivity index (χ0n) is 16.4. The molecule has 5 nitrogen and oxygen atoms in total. The average Bonchev–Trinajstić information content (AvgIpc) is 3.29. The zero-order valence-corrected chi connectivity index (χ0v) is 17.2. The number of rotatable bonds is 6. The van der Waals surface area contributed by atoms with Gasteiger partial charge in [-0.2, -0.15) is 5.10 Å². The Bertz CT molecular complexity index is 1150. The molecule has 0 fully saturated rings. The van der Waals surface area contributed by atoms with E-state index in [2.05, 4.69) is 10.5 Å². The van der Waals surface area contributed by atoms with Crippen molar-refractivity contribution in [3.63, 3.8) is 0 Å². The minimum absolute atomic E-state index is 0.442. The highest BCUT2D eigenvalue weighted by Gasteiger charge is 2.39. The molecule has 0 saturated heterocycles. The van der Waals surface area contributed by atoms with Crippen molar-refractivity contribution in [1.82, 2.24) is 5.43 Å². The fourth-order valence-corrected chi connectivity index (χ4v) is 3.34. The minimum atomic E-state index is -1.89. The molecule has 0 unspecified atom stereocenters. The lowest BCUT2D eigenvalue weighted by molar-refractivity contribution is -0.136. The fourth-order valence-electron chi connectivity index (χ4n) is 3.21. The van der Waals surface area contributed by atoms with Crippen molar-refractivity contribution in [2.24, 2.45) is 5.10 Å². The summed E-state index contributed by atoms with van der Waals surface area (Å²) in [6.45, 7) is 0. The first-order chi connectivity index (χ1) is 15.1. The van der Waals surface area contributed by atoms with E-state index in [1.54, 1.807) is 72.8 Å². The van der Waals surface area contributed by atoms with Gasteiger partial charge in [0, 0.05) is 10.6 Å². The number of hydrogen-bond donors (Lipinski definition) is 2. The summed E-state index contributed by atoms with van der Waals surface area (Å²) >= 11 is 5.92. The number of hydrogen-bond acceptors (Lipinski definition) is 4. The van der Waals surface area contributed by atoms with Crippen LogP contribution in [0.3, 0.4) is 0 Å². The van der Waals surface area contributed by atoms with Crippen molar-refractivity contribution in [3.05, 3.63) is 119 Å². The molecular formula is C25H19ClN2O3. The molecule has 0 bridgehead atoms. The maximum atomic E-state index is 13.0. The second-order valence-electron chi connectivity index (χ2n) is 6.85. The largest absolute Gasteiger partial charge is 0.455 e. The Kier molecular flexibility index (Phi) is 5.98. The normalized spacial score (nSPS) is 11.5. The maximum Gasteiger partial charge on any atom is 0.281 e. The van der Waals surface area contributed by atoms with Crippen molar-refractivity contribution in [1.29, 1.82) is 0 Å². The zero-order chi connectivity index (χ0) is 21.7. The van der Waals surface area contributed by atoms with Gasteiger partial charge in [0.2, 0.25) is 0 Å². The lowest BCUT2D eigenvalue weighted by Crippen LogP contribution is -2.43. The lowest BCUT2D eigenvalue weighted by atomic mass is 9.85. The van der Waals surface area contributed by atoms with Gasteiger partial charge in [-0.3, -0.25) is 4.79 Å². The molecule has 0 spiro atoms. The molecule has 4 aromatic rings. The van der Waals surface area contributed by atoms with Crippen LogP contribution in [0.25, 0.3) is 11.3 Å². The molecule has 154 valence electrons. The van der Waals surface area contributed by atoms with Gasteiger partial charge in [-0.15, -0.1) is 0 Å². The summed E-state index contributed by atoms with van der Waals surface area (Å²) in [6.07, 6.45) is 1.38. The highest BCUT2D eigenvalue weighted by molar-refractivity contribution is 6.30. The molecule has 0 atom stereocenters. The average molecular weight is 431 g/mol. The molecule has 0 aliphatic carbocycles. The number of amides is 1. The first kappa shape index (κ1) is 20.6. The number of furan rings is 1. The fraction of sp³-hybridized carbons (Fsp3) is 0.0400. The van der Waals surface area contributed by atoms with Gasteiger partial charge in [0.05, 0.1) is 6.21 Å². The highest BCUT2D eigenvalue weighted by atomic mass is 35.5. The van der Waals surface area contributed by atoms with Crippen LogP contribution in [-0.4, -0.2) is 17.2 Å². The van der Waals surface area contributed by atoms with E-state index in [0.29, 0.717) is 27.7 Å². The number of halogens is 1. The van der Waals surface area contributed by atoms with Crippen LogP contribution in [0.2, 0.25) is 5.02 Å². The number of nitrogens with one attached hydrogen (secondary N) is 1. The van der Waals surface area contributed by atoms with Gasteiger partial charge in [0.15, 0.2) is 5.60 Å². The third kappa shape index (κ3) is 4.43. The van der Waals surface area contributed by atoms with E-state index in [4.69, 9.17) is 16.0 Å². The Labute approximate surface area is 184 Å². The van der Waals surface area contributed by atoms with Crippen LogP contribution >= 0.6 is 11.6 Å². The van der Waals surface area contributed by atoms with Gasteiger partial charge in [0.25, 0.3) is 5.91 Å². The Morgan fingerprint density at radius 1 is 0.871 bits per heavy atom. The predicted octanol–water partition coefficient (Wildman–Crippen LogP) is 4.99. The lowest BCUT2D eigenvalue weighted by Gasteiger charge is -2.26. The first-order valence-corrected chi connectivity index (χ1v) is 9.98. The summed E-state index contributed by atoms with van der Waals surface area (Å²) in [7, 11) is 0. The smallest absolute Gasteiger partial charge is 0.281 e. The highest BCUT2D eigenvalue weighted by Crippen LogP contribution is 2.30. The second kappa shape index (κ2) is 9.00. The SMILES string of the molecule is O=C(N/N=C\c1ccc(-c2ccc(Cl)cc2)o1)C(O)(c1ccccc1)c1ccccc1. The standard InChI is InChI=1S/C25H19ClN2O3/c26-21-13-11-18(12-14-21)23-16-15-22(31-23)17-27-28-24(29)25(30,19-7-3-1-4-8-19)20-9-5-2-6-10-20/h1-17,30H,(H,28,29)/b27-17-. The van der Waals surface area contributed by atoms with E-state index in [0.717, 1.165) is 5.56 Å². The Hall–Kier alpha value is -3.67. The molecular weight excluding hydrogens is 412 g/mol. The summed E-state index contributed by atoms with van der Waals surface area (Å²) in [4.78, 5) is 13.0. The van der Waals surface area contributed by atoms with E-state index in [1.165, 1.54) is 6.21 Å². The van der Waals surface area contributed by atoms with Crippen LogP contribution in [0.1, 0.15) is 16.9 Å². The van der Waals surface area contributed by atoms with Gasteiger partial charge < -0.3 is 9.52 Å². The Morgan fingerprint density at radius 3 is 2.03 bits per heavy atom. The van der Waals surface area contributed by atoms with Gasteiger partial charge in [-0.1, -0.05) is 72.3 Å². The number of carbonyl (C=O) groups excluding carboxylic acids is 1. The molecule has 0 aliphatic heterocycles. The van der Waals surface area contributed by atoms with E-state index in [-0.39, 0.29) is 0 Å². The van der Waals surface area contributed by atoms with Crippen LogP contribution in [0.4, 0.5) is 0 Å². The van der Waals surface area contributed by atoms with E-state index in [9.17, 15) is 9.90 Å². The number of benzene rings is 3. The van der Waals surface area contributed by atoms with Crippen LogP contribution in [-0.2, 0) is 10.4 Å². The first-order valence-electron chi connectivity index (χ1n) is 9.60. The number of nitrogens with zero attached hydrogens (tertiary/aromatic N) is 1. The van der Waals surface area contributed by atoms with Crippen molar-refractivity contribution in [2.75, 3.05) is 0 Å². The van der Waals surface area contributed by atoms with Gasteiger partial charge in [-0.05, 0) is 47.5 Å². The molecule has 31 heavy (non-hydrogen) atoms. The molecule has 1 aromatic heterocycles. The predicted molar refractivity (Wildman–Crippen MR) is 121 cm³/mol. The third-order valence-corrected chi connectivity index (χ3v) is 5.08. The molecule has 3 aromatic carbocycles. The summed E-state index contributed by atoms with van der Waals surface area (Å²) in [5.74, 6) is 0.424. The van der Waals surface area contributed by atoms with Crippen molar-refractivity contribution in [3.8, 4) is 11.3 Å². The Morgan fingerprint density at radius 2 is 1.45 bits per heavy atom. The summed E-state index contributed by atoms with van der Waals surface area (Å²) in [5, 5.41) is 16.0. The van der Waals surface area contributed by atoms with Gasteiger partial charge in [-0.25, -0.2) is 5.43 Å². The van der Waals surface area contributed by atoms with Crippen LogP contribution in [0.5, 0.6) is 0 Å². The quantitative estimate of drug-likeness (QED) is 0.334. The second-order valence-corrected chi connectivity index (χ2v) is 7.29. The molecule has 4 rings (SSSR count). The maximum absolute atomic E-state index is 13.0. The van der Waals surface area contributed by atoms with Gasteiger partial charge in [0.1, 0.15) is 11.5 Å². The summed E-state index contributed by atoms with van der Waals surface area (Å²) < 4.78 is 5.74. The Balaban J connectivity index is 1.54.